The van der Waals surface area contributed by atoms with Gasteiger partial charge in [-0.25, -0.2) is 14.8 Å². The number of nitrogens with zero attached hydrogens (tertiary/aromatic N) is 2. The molecule has 1 aromatic heterocycles. The Morgan fingerprint density at radius 2 is 1.57 bits per heavy atom. The van der Waals surface area contributed by atoms with Crippen LogP contribution in [-0.2, 0) is 9.53 Å². The van der Waals surface area contributed by atoms with Crippen LogP contribution in [0.25, 0.3) is 6.08 Å². The average Bonchev–Trinajstić information content (AvgIpc) is 2.73. The molecule has 2 aromatic carbocycles. The maximum atomic E-state index is 12.1. The minimum absolute atomic E-state index is 0.279. The zero-order valence-electron chi connectivity index (χ0n) is 16.9. The third kappa shape index (κ3) is 5.75. The molecule has 30 heavy (non-hydrogen) atoms. The van der Waals surface area contributed by atoms with Crippen molar-refractivity contribution < 1.29 is 19.1 Å². The van der Waals surface area contributed by atoms with Crippen molar-refractivity contribution in [3.63, 3.8) is 0 Å². The largest absolute Gasteiger partial charge is 0.465 e. The third-order valence-electron chi connectivity index (χ3n) is 4.05. The Balaban J connectivity index is 1.57. The topological polar surface area (TPSA) is 90.4 Å². The van der Waals surface area contributed by atoms with E-state index in [9.17, 15) is 9.59 Å². The number of rotatable bonds is 6. The van der Waals surface area contributed by atoms with Gasteiger partial charge in [0.15, 0.2) is 0 Å². The third-order valence-corrected chi connectivity index (χ3v) is 4.05. The first-order chi connectivity index (χ1) is 14.4. The van der Waals surface area contributed by atoms with Crippen LogP contribution in [0, 0.1) is 13.8 Å². The molecule has 0 fully saturated rings. The van der Waals surface area contributed by atoms with Crippen molar-refractivity contribution in [3.8, 4) is 11.8 Å². The van der Waals surface area contributed by atoms with Crippen LogP contribution in [0.5, 0.6) is 11.8 Å². The van der Waals surface area contributed by atoms with Gasteiger partial charge >= 0.3 is 12.0 Å². The SMILES string of the molecule is COC(=O)c1ccc(/C=C/C(=O)Nc2ccc(Oc3nc(C)cc(C)n3)cc2)cc1. The van der Waals surface area contributed by atoms with Crippen LogP contribution >= 0.6 is 0 Å². The zero-order chi connectivity index (χ0) is 21.5. The summed E-state index contributed by atoms with van der Waals surface area (Å²) in [4.78, 5) is 32.0. The number of anilines is 1. The molecule has 3 aromatic rings. The fourth-order valence-corrected chi connectivity index (χ4v) is 2.65. The first kappa shape index (κ1) is 20.7. The molecule has 1 amide bonds. The van der Waals surface area contributed by atoms with E-state index in [1.807, 2.05) is 19.9 Å². The van der Waals surface area contributed by atoms with Crippen molar-refractivity contribution in [1.82, 2.24) is 9.97 Å². The van der Waals surface area contributed by atoms with E-state index < -0.39 is 5.97 Å². The highest BCUT2D eigenvalue weighted by atomic mass is 16.5. The van der Waals surface area contributed by atoms with Gasteiger partial charge in [0.1, 0.15) is 5.75 Å². The van der Waals surface area contributed by atoms with E-state index in [1.165, 1.54) is 13.2 Å². The van der Waals surface area contributed by atoms with Crippen molar-refractivity contribution in [2.45, 2.75) is 13.8 Å². The number of aromatic nitrogens is 2. The highest BCUT2D eigenvalue weighted by Gasteiger charge is 2.05. The number of amides is 1. The molecule has 0 saturated carbocycles. The fraction of sp³-hybridized carbons (Fsp3) is 0.130. The Morgan fingerprint density at radius 1 is 0.933 bits per heavy atom. The molecule has 1 N–H and O–H groups in total. The average molecular weight is 403 g/mol. The second kappa shape index (κ2) is 9.47. The van der Waals surface area contributed by atoms with Gasteiger partial charge in [0, 0.05) is 23.2 Å². The molecule has 0 radical (unpaired) electrons. The van der Waals surface area contributed by atoms with Crippen molar-refractivity contribution in [3.05, 3.63) is 83.2 Å². The minimum atomic E-state index is -0.403. The highest BCUT2D eigenvalue weighted by molar-refractivity contribution is 6.02. The summed E-state index contributed by atoms with van der Waals surface area (Å²) < 4.78 is 10.3. The molecule has 0 aliphatic carbocycles. The molecule has 0 bridgehead atoms. The molecule has 0 saturated heterocycles. The summed E-state index contributed by atoms with van der Waals surface area (Å²) in [7, 11) is 1.33. The lowest BCUT2D eigenvalue weighted by Crippen LogP contribution is -2.07. The van der Waals surface area contributed by atoms with E-state index >= 15 is 0 Å². The Kier molecular flexibility index (Phi) is 6.54. The first-order valence-corrected chi connectivity index (χ1v) is 9.20. The van der Waals surface area contributed by atoms with Gasteiger partial charge in [-0.2, -0.15) is 0 Å². The maximum absolute atomic E-state index is 12.1. The lowest BCUT2D eigenvalue weighted by atomic mass is 10.1. The predicted octanol–water partition coefficient (Wildman–Crippen LogP) is 4.32. The molecule has 7 heteroatoms. The Labute approximate surface area is 174 Å². The monoisotopic (exact) mass is 403 g/mol. The molecular formula is C23H21N3O4. The lowest BCUT2D eigenvalue weighted by molar-refractivity contribution is -0.111. The number of hydrogen-bond donors (Lipinski definition) is 1. The second-order valence-corrected chi connectivity index (χ2v) is 6.50. The van der Waals surface area contributed by atoms with E-state index in [-0.39, 0.29) is 11.9 Å². The molecule has 0 atom stereocenters. The summed E-state index contributed by atoms with van der Waals surface area (Å²) in [6.45, 7) is 3.75. The van der Waals surface area contributed by atoms with Gasteiger partial charge in [0.2, 0.25) is 5.91 Å². The van der Waals surface area contributed by atoms with Crippen molar-refractivity contribution in [2.75, 3.05) is 12.4 Å². The predicted molar refractivity (Wildman–Crippen MR) is 113 cm³/mol. The lowest BCUT2D eigenvalue weighted by Gasteiger charge is -2.07. The van der Waals surface area contributed by atoms with Gasteiger partial charge in [-0.05, 0) is 68.0 Å². The summed E-state index contributed by atoms with van der Waals surface area (Å²) >= 11 is 0. The normalized spacial score (nSPS) is 10.6. The standard InChI is InChI=1S/C23H21N3O4/c1-15-14-16(2)25-23(24-15)30-20-11-9-19(10-12-20)26-21(27)13-6-17-4-7-18(8-5-17)22(28)29-3/h4-14H,1-3H3,(H,26,27)/b13-6+. The number of ether oxygens (including phenoxy) is 2. The zero-order valence-corrected chi connectivity index (χ0v) is 16.9. The maximum Gasteiger partial charge on any atom is 0.337 e. The fourth-order valence-electron chi connectivity index (χ4n) is 2.65. The van der Waals surface area contributed by atoms with Gasteiger partial charge in [-0.3, -0.25) is 4.79 Å². The number of carbonyl (C=O) groups is 2. The Bertz CT molecular complexity index is 1050. The van der Waals surface area contributed by atoms with Crippen LogP contribution < -0.4 is 10.1 Å². The van der Waals surface area contributed by atoms with Crippen molar-refractivity contribution >= 4 is 23.6 Å². The van der Waals surface area contributed by atoms with Gasteiger partial charge in [-0.15, -0.1) is 0 Å². The number of hydrogen-bond acceptors (Lipinski definition) is 6. The van der Waals surface area contributed by atoms with Crippen LogP contribution in [0.3, 0.4) is 0 Å². The smallest absolute Gasteiger partial charge is 0.337 e. The van der Waals surface area contributed by atoms with Gasteiger partial charge in [0.25, 0.3) is 0 Å². The molecule has 1 heterocycles. The minimum Gasteiger partial charge on any atom is -0.465 e. The summed E-state index contributed by atoms with van der Waals surface area (Å²) in [6.07, 6.45) is 3.08. The van der Waals surface area contributed by atoms with Gasteiger partial charge < -0.3 is 14.8 Å². The molecule has 0 aliphatic heterocycles. The molecule has 3 rings (SSSR count). The first-order valence-electron chi connectivity index (χ1n) is 9.20. The van der Waals surface area contributed by atoms with Crippen molar-refractivity contribution in [2.24, 2.45) is 0 Å². The van der Waals surface area contributed by atoms with Gasteiger partial charge in [-0.1, -0.05) is 12.1 Å². The van der Waals surface area contributed by atoms with Crippen molar-refractivity contribution in [1.29, 1.82) is 0 Å². The number of aryl methyl sites for hydroxylation is 2. The van der Waals surface area contributed by atoms with E-state index in [1.54, 1.807) is 54.6 Å². The Morgan fingerprint density at radius 3 is 2.17 bits per heavy atom. The van der Waals surface area contributed by atoms with Crippen LogP contribution in [0.2, 0.25) is 0 Å². The summed E-state index contributed by atoms with van der Waals surface area (Å²) in [6, 6.07) is 15.8. The summed E-state index contributed by atoms with van der Waals surface area (Å²) in [5.74, 6) is -0.114. The van der Waals surface area contributed by atoms with E-state index in [2.05, 4.69) is 20.0 Å². The van der Waals surface area contributed by atoms with Crippen LogP contribution in [0.15, 0.2) is 60.7 Å². The summed E-state index contributed by atoms with van der Waals surface area (Å²) in [5.41, 5.74) is 3.52. The quantitative estimate of drug-likeness (QED) is 0.487. The highest BCUT2D eigenvalue weighted by Crippen LogP contribution is 2.21. The van der Waals surface area contributed by atoms with Crippen LogP contribution in [0.1, 0.15) is 27.3 Å². The van der Waals surface area contributed by atoms with Crippen LogP contribution in [-0.4, -0.2) is 29.0 Å². The van der Waals surface area contributed by atoms with E-state index in [0.29, 0.717) is 17.0 Å². The molecule has 0 aliphatic rings. The number of esters is 1. The van der Waals surface area contributed by atoms with Gasteiger partial charge in [0.05, 0.1) is 12.7 Å². The summed E-state index contributed by atoms with van der Waals surface area (Å²) in [5, 5.41) is 2.77. The number of carbonyl (C=O) groups excluding carboxylic acids is 2. The molecular weight excluding hydrogens is 382 g/mol. The molecule has 0 spiro atoms. The second-order valence-electron chi connectivity index (χ2n) is 6.50. The van der Waals surface area contributed by atoms with E-state index in [4.69, 9.17) is 4.74 Å². The number of benzene rings is 2. The molecule has 0 unspecified atom stereocenters. The molecule has 7 nitrogen and oxygen atoms in total. The Hall–Kier alpha value is -4.00. The van der Waals surface area contributed by atoms with E-state index in [0.717, 1.165) is 17.0 Å². The molecule has 152 valence electrons. The van der Waals surface area contributed by atoms with Crippen LogP contribution in [0.4, 0.5) is 5.69 Å². The number of methoxy groups -OCH3 is 1. The number of nitrogens with one attached hydrogen (secondary N) is 1.